The molecule has 0 fully saturated rings. The van der Waals surface area contributed by atoms with Crippen LogP contribution in [0.2, 0.25) is 0 Å². The Hall–Kier alpha value is -1.66. The van der Waals surface area contributed by atoms with E-state index in [-0.39, 0.29) is 5.91 Å². The van der Waals surface area contributed by atoms with Crippen molar-refractivity contribution in [1.82, 2.24) is 4.98 Å². The first-order valence-corrected chi connectivity index (χ1v) is 6.74. The van der Waals surface area contributed by atoms with Crippen LogP contribution in [-0.2, 0) is 9.53 Å². The molecular weight excluding hydrogens is 258 g/mol. The molecule has 1 rings (SSSR count). The third-order valence-electron chi connectivity index (χ3n) is 3.25. The zero-order chi connectivity index (χ0) is 15.0. The van der Waals surface area contributed by atoms with E-state index < -0.39 is 5.54 Å². The molecule has 0 spiro atoms. The molecule has 20 heavy (non-hydrogen) atoms. The molecule has 0 bridgehead atoms. The fraction of sp³-hybridized carbons (Fsp3) is 0.571. The van der Waals surface area contributed by atoms with Crippen molar-refractivity contribution >= 4 is 11.6 Å². The fourth-order valence-electron chi connectivity index (χ4n) is 1.60. The summed E-state index contributed by atoms with van der Waals surface area (Å²) in [4.78, 5) is 16.2. The quantitative estimate of drug-likeness (QED) is 0.706. The number of aromatic nitrogens is 1. The number of rotatable bonds is 8. The summed E-state index contributed by atoms with van der Waals surface area (Å²) in [5.41, 5.74) is 5.79. The molecule has 112 valence electrons. The van der Waals surface area contributed by atoms with Crippen molar-refractivity contribution in [1.29, 1.82) is 0 Å². The van der Waals surface area contributed by atoms with Crippen LogP contribution in [0.15, 0.2) is 18.3 Å². The Morgan fingerprint density at radius 2 is 2.05 bits per heavy atom. The fourth-order valence-corrected chi connectivity index (χ4v) is 1.60. The topological polar surface area (TPSA) is 86.5 Å². The predicted octanol–water partition coefficient (Wildman–Crippen LogP) is 1.56. The molecule has 0 radical (unpaired) electrons. The van der Waals surface area contributed by atoms with Crippen molar-refractivity contribution in [3.8, 4) is 5.88 Å². The second-order valence-electron chi connectivity index (χ2n) is 4.54. The van der Waals surface area contributed by atoms with Gasteiger partial charge in [0, 0.05) is 13.2 Å². The number of hydrogen-bond acceptors (Lipinski definition) is 5. The van der Waals surface area contributed by atoms with Crippen LogP contribution in [-0.4, -0.2) is 36.8 Å². The van der Waals surface area contributed by atoms with E-state index in [4.69, 9.17) is 15.2 Å². The highest BCUT2D eigenvalue weighted by molar-refractivity contribution is 5.97. The van der Waals surface area contributed by atoms with Crippen LogP contribution in [0, 0.1) is 0 Å². The number of amides is 1. The summed E-state index contributed by atoms with van der Waals surface area (Å²) in [5, 5.41) is 2.77. The highest BCUT2D eigenvalue weighted by atomic mass is 16.5. The van der Waals surface area contributed by atoms with Crippen LogP contribution >= 0.6 is 0 Å². The number of carbonyl (C=O) groups is 1. The Balaban J connectivity index is 2.59. The molecule has 6 nitrogen and oxygen atoms in total. The lowest BCUT2D eigenvalue weighted by Gasteiger charge is -2.25. The molecule has 0 aliphatic carbocycles. The molecule has 0 aliphatic heterocycles. The maximum Gasteiger partial charge on any atom is 0.244 e. The van der Waals surface area contributed by atoms with Gasteiger partial charge >= 0.3 is 0 Å². The highest BCUT2D eigenvalue weighted by Gasteiger charge is 2.29. The first-order valence-electron chi connectivity index (χ1n) is 6.74. The van der Waals surface area contributed by atoms with Crippen molar-refractivity contribution < 1.29 is 14.3 Å². The van der Waals surface area contributed by atoms with Gasteiger partial charge in [-0.3, -0.25) is 4.79 Å². The van der Waals surface area contributed by atoms with E-state index in [1.807, 2.05) is 13.8 Å². The largest absolute Gasteiger partial charge is 0.475 e. The van der Waals surface area contributed by atoms with Gasteiger partial charge in [0.25, 0.3) is 0 Å². The molecular formula is C14H23N3O3. The molecule has 1 amide bonds. The van der Waals surface area contributed by atoms with Crippen molar-refractivity contribution in [3.05, 3.63) is 18.3 Å². The second-order valence-corrected chi connectivity index (χ2v) is 4.54. The summed E-state index contributed by atoms with van der Waals surface area (Å²) in [5.74, 6) is 0.294. The Bertz CT molecular complexity index is 416. The number of nitrogens with two attached hydrogens (primary N) is 1. The van der Waals surface area contributed by atoms with E-state index in [9.17, 15) is 4.79 Å². The maximum atomic E-state index is 12.1. The van der Waals surface area contributed by atoms with Gasteiger partial charge in [0.05, 0.1) is 24.0 Å². The predicted molar refractivity (Wildman–Crippen MR) is 77.7 cm³/mol. The van der Waals surface area contributed by atoms with Crippen molar-refractivity contribution in [3.63, 3.8) is 0 Å². The van der Waals surface area contributed by atoms with E-state index in [1.165, 1.54) is 0 Å². The third-order valence-corrected chi connectivity index (χ3v) is 3.25. The number of nitrogens with zero attached hydrogens (tertiary/aromatic N) is 1. The van der Waals surface area contributed by atoms with Crippen LogP contribution in [0.25, 0.3) is 0 Å². The molecule has 0 aliphatic rings. The average molecular weight is 281 g/mol. The highest BCUT2D eigenvalue weighted by Crippen LogP contribution is 2.16. The zero-order valence-electron chi connectivity index (χ0n) is 12.3. The molecule has 0 unspecified atom stereocenters. The van der Waals surface area contributed by atoms with Gasteiger partial charge in [0.1, 0.15) is 6.61 Å². The van der Waals surface area contributed by atoms with Crippen LogP contribution < -0.4 is 15.8 Å². The normalized spacial score (nSPS) is 11.2. The van der Waals surface area contributed by atoms with E-state index in [0.717, 1.165) is 0 Å². The molecule has 1 aromatic rings. The van der Waals surface area contributed by atoms with E-state index in [1.54, 1.807) is 25.4 Å². The minimum absolute atomic E-state index is 0.197. The lowest BCUT2D eigenvalue weighted by atomic mass is 9.93. The zero-order valence-corrected chi connectivity index (χ0v) is 12.3. The number of nitrogens with one attached hydrogen (secondary N) is 1. The summed E-state index contributed by atoms with van der Waals surface area (Å²) in [6.45, 7) is 4.73. The lowest BCUT2D eigenvalue weighted by molar-refractivity contribution is -0.121. The van der Waals surface area contributed by atoms with Gasteiger partial charge in [-0.2, -0.15) is 0 Å². The van der Waals surface area contributed by atoms with E-state index in [2.05, 4.69) is 10.3 Å². The van der Waals surface area contributed by atoms with Gasteiger partial charge < -0.3 is 20.5 Å². The van der Waals surface area contributed by atoms with Crippen LogP contribution in [0.1, 0.15) is 26.7 Å². The van der Waals surface area contributed by atoms with Gasteiger partial charge in [-0.05, 0) is 18.9 Å². The van der Waals surface area contributed by atoms with Gasteiger partial charge in [-0.25, -0.2) is 4.98 Å². The van der Waals surface area contributed by atoms with Gasteiger partial charge in [-0.1, -0.05) is 13.8 Å². The molecule has 6 heteroatoms. The number of ether oxygens (including phenoxy) is 2. The number of hydrogen-bond donors (Lipinski definition) is 2. The first kappa shape index (κ1) is 16.4. The van der Waals surface area contributed by atoms with Crippen LogP contribution in [0.4, 0.5) is 5.69 Å². The summed E-state index contributed by atoms with van der Waals surface area (Å²) in [7, 11) is 1.61. The van der Waals surface area contributed by atoms with Gasteiger partial charge in [0.15, 0.2) is 0 Å². The van der Waals surface area contributed by atoms with Gasteiger partial charge in [0.2, 0.25) is 11.8 Å². The minimum atomic E-state index is -0.840. The molecule has 0 saturated carbocycles. The number of methoxy groups -OCH3 is 1. The molecule has 0 saturated heterocycles. The van der Waals surface area contributed by atoms with Crippen molar-refractivity contribution in [2.45, 2.75) is 32.2 Å². The first-order chi connectivity index (χ1) is 9.55. The van der Waals surface area contributed by atoms with E-state index >= 15 is 0 Å². The second kappa shape index (κ2) is 7.81. The molecule has 1 aromatic heterocycles. The summed E-state index contributed by atoms with van der Waals surface area (Å²) in [6, 6.07) is 3.43. The third kappa shape index (κ3) is 4.47. The molecule has 3 N–H and O–H groups in total. The number of pyridine rings is 1. The van der Waals surface area contributed by atoms with Gasteiger partial charge in [-0.15, -0.1) is 0 Å². The monoisotopic (exact) mass is 281 g/mol. The molecule has 1 heterocycles. The molecule has 0 atom stereocenters. The Morgan fingerprint density at radius 1 is 1.35 bits per heavy atom. The molecule has 0 aromatic carbocycles. The van der Waals surface area contributed by atoms with Crippen LogP contribution in [0.5, 0.6) is 5.88 Å². The SMILES string of the molecule is CCC(N)(CC)C(=O)Nc1ccc(OCCOC)nc1. The standard InChI is InChI=1S/C14H23N3O3/c1-4-14(15,5-2)13(18)17-11-6-7-12(16-10-11)20-9-8-19-3/h6-7,10H,4-5,8-9,15H2,1-3H3,(H,17,18). The summed E-state index contributed by atoms with van der Waals surface area (Å²) >= 11 is 0. The van der Waals surface area contributed by atoms with Crippen molar-refractivity contribution in [2.75, 3.05) is 25.6 Å². The lowest BCUT2D eigenvalue weighted by Crippen LogP contribution is -2.50. The Morgan fingerprint density at radius 3 is 2.55 bits per heavy atom. The minimum Gasteiger partial charge on any atom is -0.475 e. The van der Waals surface area contributed by atoms with Crippen molar-refractivity contribution in [2.24, 2.45) is 5.73 Å². The Kier molecular flexibility index (Phi) is 6.41. The maximum absolute atomic E-state index is 12.1. The smallest absolute Gasteiger partial charge is 0.244 e. The number of carbonyl (C=O) groups excluding carboxylic acids is 1. The Labute approximate surface area is 119 Å². The number of anilines is 1. The van der Waals surface area contributed by atoms with E-state index in [0.29, 0.717) is 37.6 Å². The summed E-state index contributed by atoms with van der Waals surface area (Å²) < 4.78 is 10.2. The average Bonchev–Trinajstić information content (AvgIpc) is 2.48. The summed E-state index contributed by atoms with van der Waals surface area (Å²) in [6.07, 6.45) is 2.72. The van der Waals surface area contributed by atoms with Crippen LogP contribution in [0.3, 0.4) is 0 Å².